The Bertz CT molecular complexity index is 499. The number of hydrogen-bond acceptors (Lipinski definition) is 2. The first-order valence-electron chi connectivity index (χ1n) is 6.45. The second-order valence-corrected chi connectivity index (χ2v) is 6.00. The zero-order chi connectivity index (χ0) is 13.2. The third-order valence-corrected chi connectivity index (χ3v) is 4.96. The maximum Gasteiger partial charge on any atom is 0.0547 e. The van der Waals surface area contributed by atoms with E-state index in [1.807, 2.05) is 0 Å². The molecule has 0 amide bonds. The quantitative estimate of drug-likeness (QED) is 0.864. The van der Waals surface area contributed by atoms with Crippen molar-refractivity contribution in [2.75, 3.05) is 0 Å². The molecule has 2 heteroatoms. The van der Waals surface area contributed by atoms with Crippen molar-refractivity contribution in [3.8, 4) is 0 Å². The monoisotopic (exact) mass is 259 g/mol. The van der Waals surface area contributed by atoms with Gasteiger partial charge in [0, 0.05) is 10.8 Å². The molecule has 0 bridgehead atoms. The van der Waals surface area contributed by atoms with Gasteiger partial charge in [-0.3, -0.25) is 0 Å². The SMILES string of the molecule is CCC(c1ccccc1)C(C)(N)c1sccc1C. The van der Waals surface area contributed by atoms with Gasteiger partial charge in [0.05, 0.1) is 5.54 Å². The van der Waals surface area contributed by atoms with Gasteiger partial charge in [0.15, 0.2) is 0 Å². The molecule has 0 saturated heterocycles. The summed E-state index contributed by atoms with van der Waals surface area (Å²) in [6.45, 7) is 6.52. The summed E-state index contributed by atoms with van der Waals surface area (Å²) in [5, 5.41) is 2.13. The molecule has 1 heterocycles. The zero-order valence-corrected chi connectivity index (χ0v) is 12.1. The molecule has 0 aliphatic carbocycles. The largest absolute Gasteiger partial charge is 0.320 e. The zero-order valence-electron chi connectivity index (χ0n) is 11.3. The van der Waals surface area contributed by atoms with Crippen LogP contribution in [0.1, 0.15) is 42.2 Å². The first kappa shape index (κ1) is 13.3. The maximum absolute atomic E-state index is 6.68. The van der Waals surface area contributed by atoms with Crippen LogP contribution >= 0.6 is 11.3 Å². The standard InChI is InChI=1S/C16H21NS/c1-4-14(13-8-6-5-7-9-13)16(3,17)15-12(2)10-11-18-15/h5-11,14H,4,17H2,1-3H3. The van der Waals surface area contributed by atoms with Gasteiger partial charge in [-0.15, -0.1) is 11.3 Å². The van der Waals surface area contributed by atoms with Crippen molar-refractivity contribution in [3.05, 3.63) is 57.8 Å². The fourth-order valence-corrected chi connectivity index (χ4v) is 3.83. The molecular formula is C16H21NS. The van der Waals surface area contributed by atoms with Gasteiger partial charge >= 0.3 is 0 Å². The molecule has 0 aliphatic rings. The van der Waals surface area contributed by atoms with E-state index in [1.54, 1.807) is 11.3 Å². The highest BCUT2D eigenvalue weighted by Crippen LogP contribution is 2.40. The first-order valence-corrected chi connectivity index (χ1v) is 7.33. The predicted octanol–water partition coefficient (Wildman–Crippen LogP) is 4.42. The van der Waals surface area contributed by atoms with E-state index in [0.29, 0.717) is 5.92 Å². The molecule has 1 aromatic carbocycles. The van der Waals surface area contributed by atoms with Crippen LogP contribution in [-0.4, -0.2) is 0 Å². The number of benzene rings is 1. The maximum atomic E-state index is 6.68. The number of nitrogens with two attached hydrogens (primary N) is 1. The molecule has 1 nitrogen and oxygen atoms in total. The number of rotatable bonds is 4. The molecule has 96 valence electrons. The van der Waals surface area contributed by atoms with Gasteiger partial charge in [-0.1, -0.05) is 37.3 Å². The van der Waals surface area contributed by atoms with Crippen molar-refractivity contribution in [3.63, 3.8) is 0 Å². The van der Waals surface area contributed by atoms with Gasteiger partial charge in [-0.2, -0.15) is 0 Å². The van der Waals surface area contributed by atoms with Crippen molar-refractivity contribution < 1.29 is 0 Å². The van der Waals surface area contributed by atoms with Crippen LogP contribution in [-0.2, 0) is 5.54 Å². The number of aryl methyl sites for hydroxylation is 1. The van der Waals surface area contributed by atoms with E-state index in [0.717, 1.165) is 6.42 Å². The minimum atomic E-state index is -0.297. The molecule has 0 spiro atoms. The highest BCUT2D eigenvalue weighted by Gasteiger charge is 2.33. The topological polar surface area (TPSA) is 26.0 Å². The lowest BCUT2D eigenvalue weighted by molar-refractivity contribution is 0.384. The van der Waals surface area contributed by atoms with Crippen molar-refractivity contribution >= 4 is 11.3 Å². The third kappa shape index (κ3) is 2.36. The molecule has 0 radical (unpaired) electrons. The van der Waals surface area contributed by atoms with Gasteiger partial charge < -0.3 is 5.73 Å². The van der Waals surface area contributed by atoms with Crippen LogP contribution in [0.15, 0.2) is 41.8 Å². The van der Waals surface area contributed by atoms with Gasteiger partial charge in [-0.05, 0) is 42.8 Å². The lowest BCUT2D eigenvalue weighted by atomic mass is 9.77. The van der Waals surface area contributed by atoms with Crippen LogP contribution in [0.25, 0.3) is 0 Å². The van der Waals surface area contributed by atoms with E-state index in [9.17, 15) is 0 Å². The third-order valence-electron chi connectivity index (χ3n) is 3.69. The molecule has 0 aliphatic heterocycles. The van der Waals surface area contributed by atoms with Crippen molar-refractivity contribution in [1.82, 2.24) is 0 Å². The Hall–Kier alpha value is -1.12. The summed E-state index contributed by atoms with van der Waals surface area (Å²) in [6.07, 6.45) is 1.05. The van der Waals surface area contributed by atoms with E-state index >= 15 is 0 Å². The van der Waals surface area contributed by atoms with Crippen LogP contribution in [0, 0.1) is 6.92 Å². The number of hydrogen-bond donors (Lipinski definition) is 1. The van der Waals surface area contributed by atoms with Gasteiger partial charge in [0.25, 0.3) is 0 Å². The average molecular weight is 259 g/mol. The molecular weight excluding hydrogens is 238 g/mol. The molecule has 0 fully saturated rings. The Morgan fingerprint density at radius 3 is 2.39 bits per heavy atom. The Balaban J connectivity index is 2.42. The van der Waals surface area contributed by atoms with Gasteiger partial charge in [-0.25, -0.2) is 0 Å². The average Bonchev–Trinajstić information content (AvgIpc) is 2.78. The van der Waals surface area contributed by atoms with E-state index < -0.39 is 0 Å². The second kappa shape index (κ2) is 5.25. The van der Waals surface area contributed by atoms with E-state index in [2.05, 4.69) is 62.5 Å². The summed E-state index contributed by atoms with van der Waals surface area (Å²) < 4.78 is 0. The lowest BCUT2D eigenvalue weighted by Gasteiger charge is -2.34. The fraction of sp³-hybridized carbons (Fsp3) is 0.375. The predicted molar refractivity (Wildman–Crippen MR) is 80.1 cm³/mol. The minimum absolute atomic E-state index is 0.297. The Morgan fingerprint density at radius 2 is 1.89 bits per heavy atom. The van der Waals surface area contributed by atoms with E-state index in [4.69, 9.17) is 5.73 Å². The summed E-state index contributed by atoms with van der Waals surface area (Å²) >= 11 is 1.77. The summed E-state index contributed by atoms with van der Waals surface area (Å²) in [5.74, 6) is 0.357. The van der Waals surface area contributed by atoms with Crippen LogP contribution in [0.5, 0.6) is 0 Å². The normalized spacial score (nSPS) is 16.2. The first-order chi connectivity index (χ1) is 8.57. The highest BCUT2D eigenvalue weighted by molar-refractivity contribution is 7.10. The van der Waals surface area contributed by atoms with Crippen LogP contribution in [0.2, 0.25) is 0 Å². The van der Waals surface area contributed by atoms with Crippen molar-refractivity contribution in [2.45, 2.75) is 38.6 Å². The van der Waals surface area contributed by atoms with Gasteiger partial charge in [0.1, 0.15) is 0 Å². The molecule has 2 unspecified atom stereocenters. The molecule has 2 N–H and O–H groups in total. The van der Waals surface area contributed by atoms with Crippen LogP contribution in [0.4, 0.5) is 0 Å². The Kier molecular flexibility index (Phi) is 3.88. The van der Waals surface area contributed by atoms with Crippen molar-refractivity contribution in [2.24, 2.45) is 5.73 Å². The van der Waals surface area contributed by atoms with Gasteiger partial charge in [0.2, 0.25) is 0 Å². The van der Waals surface area contributed by atoms with E-state index in [1.165, 1.54) is 16.0 Å². The second-order valence-electron chi connectivity index (χ2n) is 5.09. The molecule has 1 aromatic heterocycles. The Labute approximate surface area is 114 Å². The summed E-state index contributed by atoms with van der Waals surface area (Å²) in [7, 11) is 0. The fourth-order valence-electron chi connectivity index (χ4n) is 2.77. The minimum Gasteiger partial charge on any atom is -0.320 e. The molecule has 0 saturated carbocycles. The van der Waals surface area contributed by atoms with Crippen LogP contribution in [0.3, 0.4) is 0 Å². The molecule has 18 heavy (non-hydrogen) atoms. The smallest absolute Gasteiger partial charge is 0.0547 e. The van der Waals surface area contributed by atoms with E-state index in [-0.39, 0.29) is 5.54 Å². The highest BCUT2D eigenvalue weighted by atomic mass is 32.1. The lowest BCUT2D eigenvalue weighted by Crippen LogP contribution is -2.39. The van der Waals surface area contributed by atoms with Crippen molar-refractivity contribution in [1.29, 1.82) is 0 Å². The molecule has 2 aromatic rings. The number of thiophene rings is 1. The summed E-state index contributed by atoms with van der Waals surface area (Å²) in [6, 6.07) is 12.8. The molecule has 2 atom stereocenters. The Morgan fingerprint density at radius 1 is 1.22 bits per heavy atom. The van der Waals surface area contributed by atoms with Crippen LogP contribution < -0.4 is 5.73 Å². The summed E-state index contributed by atoms with van der Waals surface area (Å²) in [5.41, 5.74) is 9.02. The summed E-state index contributed by atoms with van der Waals surface area (Å²) in [4.78, 5) is 1.30. The molecule has 2 rings (SSSR count).